The largest absolute Gasteiger partial charge is 0.343 e. The Balaban J connectivity index is 2.38. The van der Waals surface area contributed by atoms with E-state index in [1.165, 1.54) is 0 Å². The van der Waals surface area contributed by atoms with E-state index in [0.29, 0.717) is 30.2 Å². The zero-order valence-electron chi connectivity index (χ0n) is 10.4. The summed E-state index contributed by atoms with van der Waals surface area (Å²) in [7, 11) is 1.93. The molecule has 1 rings (SSSR count). The van der Waals surface area contributed by atoms with Crippen LogP contribution in [-0.2, 0) is 4.79 Å². The predicted octanol–water partition coefficient (Wildman–Crippen LogP) is 1.49. The summed E-state index contributed by atoms with van der Waals surface area (Å²) in [6.45, 7) is 8.52. The molecule has 0 saturated carbocycles. The molecular weight excluding hydrogens is 188 g/mol. The van der Waals surface area contributed by atoms with Gasteiger partial charge in [-0.25, -0.2) is 0 Å². The molecule has 1 aliphatic heterocycles. The van der Waals surface area contributed by atoms with Crippen molar-refractivity contribution in [3.63, 3.8) is 0 Å². The molecule has 0 aliphatic carbocycles. The highest BCUT2D eigenvalue weighted by Crippen LogP contribution is 2.16. The number of carbonyl (C=O) groups excluding carboxylic acids is 1. The Morgan fingerprint density at radius 1 is 1.47 bits per heavy atom. The van der Waals surface area contributed by atoms with Crippen molar-refractivity contribution in [2.75, 3.05) is 20.1 Å². The van der Waals surface area contributed by atoms with E-state index in [0.717, 1.165) is 19.5 Å². The highest BCUT2D eigenvalue weighted by atomic mass is 16.2. The van der Waals surface area contributed by atoms with E-state index in [1.807, 2.05) is 11.9 Å². The normalized spacial score (nSPS) is 23.1. The van der Waals surface area contributed by atoms with Gasteiger partial charge in [0.15, 0.2) is 0 Å². The monoisotopic (exact) mass is 212 g/mol. The van der Waals surface area contributed by atoms with Crippen molar-refractivity contribution in [2.45, 2.75) is 39.7 Å². The molecule has 0 aromatic rings. The lowest BCUT2D eigenvalue weighted by atomic mass is 10.0. The van der Waals surface area contributed by atoms with Crippen molar-refractivity contribution in [1.29, 1.82) is 0 Å². The molecule has 1 fully saturated rings. The molecule has 0 bridgehead atoms. The van der Waals surface area contributed by atoms with Crippen LogP contribution in [-0.4, -0.2) is 37.0 Å². The zero-order chi connectivity index (χ0) is 11.4. The zero-order valence-corrected chi connectivity index (χ0v) is 10.4. The highest BCUT2D eigenvalue weighted by molar-refractivity contribution is 5.76. The van der Waals surface area contributed by atoms with Gasteiger partial charge in [-0.05, 0) is 38.3 Å². The summed E-state index contributed by atoms with van der Waals surface area (Å²) in [6.07, 6.45) is 1.86. The van der Waals surface area contributed by atoms with Crippen LogP contribution in [0, 0.1) is 11.8 Å². The third kappa shape index (κ3) is 3.49. The maximum Gasteiger partial charge on any atom is 0.222 e. The second kappa shape index (κ2) is 5.50. The molecular formula is C12H24N2O. The summed E-state index contributed by atoms with van der Waals surface area (Å²) in [5.74, 6) is 1.38. The number of hydrogen-bond donors (Lipinski definition) is 1. The summed E-state index contributed by atoms with van der Waals surface area (Å²) in [6, 6.07) is 0.340. The second-order valence-corrected chi connectivity index (χ2v) is 5.05. The van der Waals surface area contributed by atoms with Crippen molar-refractivity contribution in [3.8, 4) is 0 Å². The summed E-state index contributed by atoms with van der Waals surface area (Å²) < 4.78 is 0. The van der Waals surface area contributed by atoms with Gasteiger partial charge >= 0.3 is 0 Å². The van der Waals surface area contributed by atoms with Gasteiger partial charge in [0.05, 0.1) is 0 Å². The Morgan fingerprint density at radius 3 is 2.60 bits per heavy atom. The molecule has 15 heavy (non-hydrogen) atoms. The van der Waals surface area contributed by atoms with Crippen LogP contribution in [0.25, 0.3) is 0 Å². The molecule has 1 N–H and O–H groups in total. The first-order valence-electron chi connectivity index (χ1n) is 5.98. The van der Waals surface area contributed by atoms with Crippen LogP contribution in [0.3, 0.4) is 0 Å². The van der Waals surface area contributed by atoms with Crippen molar-refractivity contribution in [3.05, 3.63) is 0 Å². The maximum atomic E-state index is 11.9. The molecule has 3 heteroatoms. The second-order valence-electron chi connectivity index (χ2n) is 5.05. The van der Waals surface area contributed by atoms with Crippen LogP contribution in [0.4, 0.5) is 0 Å². The Kier molecular flexibility index (Phi) is 4.58. The van der Waals surface area contributed by atoms with E-state index in [1.54, 1.807) is 0 Å². The quantitative estimate of drug-likeness (QED) is 0.765. The van der Waals surface area contributed by atoms with Gasteiger partial charge in [-0.3, -0.25) is 4.79 Å². The molecule has 2 atom stereocenters. The lowest BCUT2D eigenvalue weighted by molar-refractivity contribution is -0.133. The average molecular weight is 212 g/mol. The van der Waals surface area contributed by atoms with Gasteiger partial charge in [-0.2, -0.15) is 0 Å². The summed E-state index contributed by atoms with van der Waals surface area (Å²) in [4.78, 5) is 13.8. The highest BCUT2D eigenvalue weighted by Gasteiger charge is 2.23. The van der Waals surface area contributed by atoms with E-state index in [9.17, 15) is 4.79 Å². The molecule has 1 heterocycles. The van der Waals surface area contributed by atoms with Crippen LogP contribution >= 0.6 is 0 Å². The summed E-state index contributed by atoms with van der Waals surface area (Å²) in [5.41, 5.74) is 0. The first kappa shape index (κ1) is 12.5. The molecule has 1 amide bonds. The summed E-state index contributed by atoms with van der Waals surface area (Å²) in [5, 5.41) is 3.30. The van der Waals surface area contributed by atoms with E-state index in [-0.39, 0.29) is 0 Å². The molecule has 88 valence electrons. The molecule has 2 unspecified atom stereocenters. The molecule has 1 aliphatic rings. The predicted molar refractivity (Wildman–Crippen MR) is 62.7 cm³/mol. The van der Waals surface area contributed by atoms with Crippen LogP contribution in [0.5, 0.6) is 0 Å². The molecule has 3 nitrogen and oxygen atoms in total. The first-order valence-corrected chi connectivity index (χ1v) is 5.98. The van der Waals surface area contributed by atoms with Gasteiger partial charge in [-0.15, -0.1) is 0 Å². The fourth-order valence-electron chi connectivity index (χ4n) is 1.95. The number of carbonyl (C=O) groups is 1. The minimum Gasteiger partial charge on any atom is -0.343 e. The van der Waals surface area contributed by atoms with Gasteiger partial charge in [0, 0.05) is 19.5 Å². The van der Waals surface area contributed by atoms with E-state index >= 15 is 0 Å². The van der Waals surface area contributed by atoms with Crippen molar-refractivity contribution in [1.82, 2.24) is 10.2 Å². The molecule has 0 radical (unpaired) electrons. The van der Waals surface area contributed by atoms with E-state index < -0.39 is 0 Å². The third-order valence-corrected chi connectivity index (χ3v) is 3.59. The number of hydrogen-bond acceptors (Lipinski definition) is 2. The molecule has 0 spiro atoms. The third-order valence-electron chi connectivity index (χ3n) is 3.59. The molecule has 0 aromatic heterocycles. The number of nitrogens with one attached hydrogen (secondary N) is 1. The van der Waals surface area contributed by atoms with Gasteiger partial charge in [0.25, 0.3) is 0 Å². The maximum absolute atomic E-state index is 11.9. The Bertz CT molecular complexity index is 210. The van der Waals surface area contributed by atoms with Crippen LogP contribution in [0.2, 0.25) is 0 Å². The van der Waals surface area contributed by atoms with Crippen molar-refractivity contribution < 1.29 is 4.79 Å². The number of nitrogens with zero attached hydrogens (tertiary/aromatic N) is 1. The summed E-state index contributed by atoms with van der Waals surface area (Å²) >= 11 is 0. The van der Waals surface area contributed by atoms with Crippen LogP contribution in [0.1, 0.15) is 33.6 Å². The average Bonchev–Trinajstić information content (AvgIpc) is 2.67. The molecule has 0 aromatic carbocycles. The van der Waals surface area contributed by atoms with Gasteiger partial charge in [0.1, 0.15) is 0 Å². The van der Waals surface area contributed by atoms with Crippen molar-refractivity contribution in [2.24, 2.45) is 11.8 Å². The topological polar surface area (TPSA) is 32.3 Å². The van der Waals surface area contributed by atoms with E-state index in [4.69, 9.17) is 0 Å². The Morgan fingerprint density at radius 2 is 2.13 bits per heavy atom. The lowest BCUT2D eigenvalue weighted by Crippen LogP contribution is -2.39. The lowest BCUT2D eigenvalue weighted by Gasteiger charge is -2.28. The minimum atomic E-state index is 0.296. The standard InChI is InChI=1S/C12H24N2O/c1-9(2)10(3)14(4)12(15)7-11-5-6-13-8-11/h9-11,13H,5-8H2,1-4H3. The first-order chi connectivity index (χ1) is 7.02. The smallest absolute Gasteiger partial charge is 0.222 e. The van der Waals surface area contributed by atoms with Crippen LogP contribution < -0.4 is 5.32 Å². The Hall–Kier alpha value is -0.570. The Labute approximate surface area is 93.2 Å². The van der Waals surface area contributed by atoms with E-state index in [2.05, 4.69) is 26.1 Å². The number of rotatable bonds is 4. The SMILES string of the molecule is CC(C)C(C)N(C)C(=O)CC1CCNC1. The molecule has 1 saturated heterocycles. The van der Waals surface area contributed by atoms with Gasteiger partial charge in [-0.1, -0.05) is 13.8 Å². The minimum absolute atomic E-state index is 0.296. The number of amides is 1. The van der Waals surface area contributed by atoms with Gasteiger partial charge < -0.3 is 10.2 Å². The fraction of sp³-hybridized carbons (Fsp3) is 0.917. The fourth-order valence-corrected chi connectivity index (χ4v) is 1.95. The van der Waals surface area contributed by atoms with Gasteiger partial charge in [0.2, 0.25) is 5.91 Å². The van der Waals surface area contributed by atoms with Crippen molar-refractivity contribution >= 4 is 5.91 Å². The van der Waals surface area contributed by atoms with Crippen LogP contribution in [0.15, 0.2) is 0 Å².